The third kappa shape index (κ3) is 1.52. The predicted octanol–water partition coefficient (Wildman–Crippen LogP) is 2.95. The van der Waals surface area contributed by atoms with E-state index in [0.29, 0.717) is 0 Å². The zero-order valence-corrected chi connectivity index (χ0v) is 7.01. The van der Waals surface area contributed by atoms with Crippen LogP contribution in [0.2, 0.25) is 0 Å². The van der Waals surface area contributed by atoms with Crippen molar-refractivity contribution in [1.82, 2.24) is 0 Å². The Hall–Kier alpha value is -1.02. The zero-order chi connectivity index (χ0) is 8.27. The summed E-state index contributed by atoms with van der Waals surface area (Å²) in [6, 6.07) is 5.66. The molecular formula is C9H9NS. The maximum Gasteiger partial charge on any atom is 0.0705 e. The molecule has 0 aliphatic rings. The fourth-order valence-electron chi connectivity index (χ4n) is 0.888. The van der Waals surface area contributed by atoms with Crippen LogP contribution in [0.15, 0.2) is 34.7 Å². The lowest BCUT2D eigenvalue weighted by Gasteiger charge is -2.01. The topological polar surface area (TPSA) is 12.4 Å². The first kappa shape index (κ1) is 8.08. The number of nitrogens with zero attached hydrogens (tertiary/aromatic N) is 1. The monoisotopic (exact) mass is 163 g/mol. The van der Waals surface area contributed by atoms with Crippen LogP contribution in [0, 0.1) is 0 Å². The zero-order valence-electron chi connectivity index (χ0n) is 6.12. The minimum Gasteiger partial charge on any atom is -0.264 e. The highest BCUT2D eigenvalue weighted by atomic mass is 32.1. The highest BCUT2D eigenvalue weighted by Crippen LogP contribution is 2.25. The molecule has 56 valence electrons. The van der Waals surface area contributed by atoms with Crippen LogP contribution in [0.4, 0.5) is 5.69 Å². The molecule has 1 rings (SSSR count). The van der Waals surface area contributed by atoms with E-state index in [1.807, 2.05) is 18.2 Å². The number of rotatable bonds is 2. The minimum atomic E-state index is 0.826. The molecule has 0 atom stereocenters. The molecule has 0 heterocycles. The van der Waals surface area contributed by atoms with Gasteiger partial charge in [-0.25, -0.2) is 0 Å². The molecule has 1 aromatic carbocycles. The van der Waals surface area contributed by atoms with Gasteiger partial charge in [0, 0.05) is 10.5 Å². The smallest absolute Gasteiger partial charge is 0.0705 e. The summed E-state index contributed by atoms with van der Waals surface area (Å²) in [5.41, 5.74) is 1.76. The average molecular weight is 163 g/mol. The van der Waals surface area contributed by atoms with E-state index in [-0.39, 0.29) is 0 Å². The number of hydrogen-bond acceptors (Lipinski definition) is 2. The first-order valence-electron chi connectivity index (χ1n) is 3.20. The van der Waals surface area contributed by atoms with Crippen molar-refractivity contribution in [2.45, 2.75) is 4.90 Å². The summed E-state index contributed by atoms with van der Waals surface area (Å²) < 4.78 is 0. The Morgan fingerprint density at radius 3 is 2.64 bits per heavy atom. The van der Waals surface area contributed by atoms with Gasteiger partial charge in [-0.2, -0.15) is 0 Å². The molecule has 0 fully saturated rings. The standard InChI is InChI=1S/C9H9NS/c1-3-7-8(10-2)5-4-6-9(7)11/h3-6,11H,1-2H2. The van der Waals surface area contributed by atoms with Crippen LogP contribution in [0.1, 0.15) is 5.56 Å². The predicted molar refractivity (Wildman–Crippen MR) is 53.0 cm³/mol. The molecule has 0 radical (unpaired) electrons. The van der Waals surface area contributed by atoms with Crippen LogP contribution in [-0.2, 0) is 0 Å². The van der Waals surface area contributed by atoms with Crippen molar-refractivity contribution in [2.75, 3.05) is 0 Å². The fraction of sp³-hybridized carbons (Fsp3) is 0. The Morgan fingerprint density at radius 2 is 2.18 bits per heavy atom. The lowest BCUT2D eigenvalue weighted by Crippen LogP contribution is -1.75. The SMILES string of the molecule is C=Cc1c(S)cccc1N=C. The molecule has 0 N–H and O–H groups in total. The van der Waals surface area contributed by atoms with Crippen molar-refractivity contribution in [1.29, 1.82) is 0 Å². The molecule has 0 amide bonds. The van der Waals surface area contributed by atoms with Crippen molar-refractivity contribution < 1.29 is 0 Å². The van der Waals surface area contributed by atoms with Crippen molar-refractivity contribution >= 4 is 31.1 Å². The molecule has 2 heteroatoms. The highest BCUT2D eigenvalue weighted by molar-refractivity contribution is 7.80. The second-order valence-electron chi connectivity index (χ2n) is 2.07. The van der Waals surface area contributed by atoms with E-state index in [1.54, 1.807) is 6.08 Å². The van der Waals surface area contributed by atoms with Crippen molar-refractivity contribution in [3.63, 3.8) is 0 Å². The summed E-state index contributed by atoms with van der Waals surface area (Å²) in [7, 11) is 0. The summed E-state index contributed by atoms with van der Waals surface area (Å²) in [4.78, 5) is 4.71. The van der Waals surface area contributed by atoms with Gasteiger partial charge in [-0.1, -0.05) is 18.7 Å². The maximum absolute atomic E-state index is 4.24. The Morgan fingerprint density at radius 1 is 1.45 bits per heavy atom. The van der Waals surface area contributed by atoms with Crippen LogP contribution in [0.25, 0.3) is 6.08 Å². The quantitative estimate of drug-likeness (QED) is 0.508. The molecule has 0 aromatic heterocycles. The van der Waals surface area contributed by atoms with Gasteiger partial charge in [0.2, 0.25) is 0 Å². The van der Waals surface area contributed by atoms with Gasteiger partial charge in [-0.15, -0.1) is 12.6 Å². The number of thiol groups is 1. The Balaban J connectivity index is 3.35. The van der Waals surface area contributed by atoms with E-state index in [0.717, 1.165) is 16.1 Å². The minimum absolute atomic E-state index is 0.826. The second kappa shape index (κ2) is 3.39. The normalized spacial score (nSPS) is 9.18. The molecular weight excluding hydrogens is 154 g/mol. The van der Waals surface area contributed by atoms with Crippen molar-refractivity contribution in [3.8, 4) is 0 Å². The lowest BCUT2D eigenvalue weighted by atomic mass is 10.2. The maximum atomic E-state index is 4.24. The molecule has 11 heavy (non-hydrogen) atoms. The van der Waals surface area contributed by atoms with E-state index < -0.39 is 0 Å². The summed E-state index contributed by atoms with van der Waals surface area (Å²) in [6.45, 7) is 7.11. The Kier molecular flexibility index (Phi) is 2.49. The molecule has 0 bridgehead atoms. The first-order chi connectivity index (χ1) is 5.29. The van der Waals surface area contributed by atoms with Crippen LogP contribution in [-0.4, -0.2) is 6.72 Å². The van der Waals surface area contributed by atoms with E-state index in [2.05, 4.69) is 30.9 Å². The Bertz CT molecular complexity index is 292. The molecule has 0 saturated heterocycles. The fourth-order valence-corrected chi connectivity index (χ4v) is 1.18. The average Bonchev–Trinajstić information content (AvgIpc) is 2.04. The first-order valence-corrected chi connectivity index (χ1v) is 3.65. The van der Waals surface area contributed by atoms with Crippen LogP contribution < -0.4 is 0 Å². The van der Waals surface area contributed by atoms with Gasteiger partial charge in [-0.3, -0.25) is 4.99 Å². The summed E-state index contributed by atoms with van der Waals surface area (Å²) in [5, 5.41) is 0. The summed E-state index contributed by atoms with van der Waals surface area (Å²) in [5.74, 6) is 0. The highest BCUT2D eigenvalue weighted by Gasteiger charge is 1.98. The molecule has 0 unspecified atom stereocenters. The van der Waals surface area contributed by atoms with Gasteiger partial charge in [0.25, 0.3) is 0 Å². The molecule has 1 nitrogen and oxygen atoms in total. The molecule has 0 spiro atoms. The molecule has 1 aromatic rings. The van der Waals surface area contributed by atoms with Crippen LogP contribution >= 0.6 is 12.6 Å². The summed E-state index contributed by atoms with van der Waals surface area (Å²) >= 11 is 4.24. The largest absolute Gasteiger partial charge is 0.264 e. The van der Waals surface area contributed by atoms with Crippen molar-refractivity contribution in [3.05, 3.63) is 30.3 Å². The number of benzene rings is 1. The van der Waals surface area contributed by atoms with Gasteiger partial charge < -0.3 is 0 Å². The van der Waals surface area contributed by atoms with Gasteiger partial charge in [0.05, 0.1) is 5.69 Å². The van der Waals surface area contributed by atoms with E-state index in [9.17, 15) is 0 Å². The van der Waals surface area contributed by atoms with Crippen LogP contribution in [0.5, 0.6) is 0 Å². The molecule has 0 aliphatic carbocycles. The van der Waals surface area contributed by atoms with E-state index >= 15 is 0 Å². The van der Waals surface area contributed by atoms with Crippen molar-refractivity contribution in [2.24, 2.45) is 4.99 Å². The van der Waals surface area contributed by atoms with E-state index in [1.165, 1.54) is 0 Å². The van der Waals surface area contributed by atoms with Crippen LogP contribution in [0.3, 0.4) is 0 Å². The molecule has 0 aliphatic heterocycles. The lowest BCUT2D eigenvalue weighted by molar-refractivity contribution is 1.40. The number of aliphatic imine (C=N–C) groups is 1. The van der Waals surface area contributed by atoms with Gasteiger partial charge in [0.1, 0.15) is 0 Å². The number of hydrogen-bond donors (Lipinski definition) is 1. The Labute approximate surface area is 71.9 Å². The van der Waals surface area contributed by atoms with Gasteiger partial charge >= 0.3 is 0 Å². The summed E-state index contributed by atoms with van der Waals surface area (Å²) in [6.07, 6.45) is 1.73. The second-order valence-corrected chi connectivity index (χ2v) is 2.55. The van der Waals surface area contributed by atoms with Gasteiger partial charge in [0.15, 0.2) is 0 Å². The van der Waals surface area contributed by atoms with Gasteiger partial charge in [-0.05, 0) is 18.9 Å². The van der Waals surface area contributed by atoms with E-state index in [4.69, 9.17) is 0 Å². The third-order valence-electron chi connectivity index (χ3n) is 1.43. The molecule has 0 saturated carbocycles. The third-order valence-corrected chi connectivity index (χ3v) is 1.82.